The Kier molecular flexibility index (Phi) is 10.1. The highest BCUT2D eigenvalue weighted by atomic mass is 16.6. The molecule has 23 heavy (non-hydrogen) atoms. The van der Waals surface area contributed by atoms with Gasteiger partial charge in [0.25, 0.3) is 0 Å². The molecule has 0 saturated carbocycles. The lowest BCUT2D eigenvalue weighted by molar-refractivity contribution is -0.158. The third kappa shape index (κ3) is 6.94. The van der Waals surface area contributed by atoms with Gasteiger partial charge >= 0.3 is 23.9 Å². The monoisotopic (exact) mass is 330 g/mol. The van der Waals surface area contributed by atoms with Crippen molar-refractivity contribution in [2.75, 3.05) is 26.4 Å². The fourth-order valence-corrected chi connectivity index (χ4v) is 1.50. The number of rotatable bonds is 9. The van der Waals surface area contributed by atoms with Crippen LogP contribution in [-0.4, -0.2) is 50.3 Å². The average molecular weight is 330 g/mol. The van der Waals surface area contributed by atoms with E-state index in [9.17, 15) is 19.2 Å². The first-order valence-electron chi connectivity index (χ1n) is 7.32. The van der Waals surface area contributed by atoms with Crippen molar-refractivity contribution >= 4 is 23.9 Å². The van der Waals surface area contributed by atoms with Crippen molar-refractivity contribution in [2.45, 2.75) is 27.7 Å². The molecule has 0 rings (SSSR count). The second kappa shape index (κ2) is 11.2. The topological polar surface area (TPSA) is 105 Å². The number of hydrogen-bond acceptors (Lipinski definition) is 8. The lowest BCUT2D eigenvalue weighted by Gasteiger charge is -2.13. The molecule has 0 spiro atoms. The molecule has 0 saturated heterocycles. The van der Waals surface area contributed by atoms with E-state index >= 15 is 0 Å². The Hall–Kier alpha value is -2.38. The summed E-state index contributed by atoms with van der Waals surface area (Å²) in [5.41, 5.74) is -0.556. The van der Waals surface area contributed by atoms with Crippen LogP contribution in [0.15, 0.2) is 11.6 Å². The van der Waals surface area contributed by atoms with Crippen LogP contribution in [0.3, 0.4) is 0 Å². The van der Waals surface area contributed by atoms with E-state index in [1.54, 1.807) is 27.7 Å². The summed E-state index contributed by atoms with van der Waals surface area (Å²) in [5, 5.41) is 0. The van der Waals surface area contributed by atoms with Gasteiger partial charge in [0.2, 0.25) is 0 Å². The largest absolute Gasteiger partial charge is 0.465 e. The Morgan fingerprint density at radius 2 is 1.04 bits per heavy atom. The lowest BCUT2D eigenvalue weighted by Crippen LogP contribution is -2.29. The lowest BCUT2D eigenvalue weighted by atomic mass is 10.1. The second-order valence-electron chi connectivity index (χ2n) is 4.00. The zero-order valence-corrected chi connectivity index (χ0v) is 13.7. The van der Waals surface area contributed by atoms with Crippen LogP contribution in [-0.2, 0) is 38.1 Å². The van der Waals surface area contributed by atoms with Gasteiger partial charge in [-0.2, -0.15) is 0 Å². The molecule has 0 atom stereocenters. The molecule has 0 aliphatic carbocycles. The van der Waals surface area contributed by atoms with Crippen LogP contribution in [0.2, 0.25) is 0 Å². The first-order chi connectivity index (χ1) is 10.9. The highest BCUT2D eigenvalue weighted by molar-refractivity contribution is 6.15. The Labute approximate surface area is 134 Å². The second-order valence-corrected chi connectivity index (χ2v) is 4.00. The number of carbonyl (C=O) groups excluding carboxylic acids is 4. The van der Waals surface area contributed by atoms with Crippen molar-refractivity contribution in [3.05, 3.63) is 11.6 Å². The van der Waals surface area contributed by atoms with Gasteiger partial charge < -0.3 is 18.9 Å². The van der Waals surface area contributed by atoms with Crippen LogP contribution in [0.25, 0.3) is 0 Å². The Balaban J connectivity index is 5.67. The number of esters is 4. The van der Waals surface area contributed by atoms with E-state index in [1.807, 2.05) is 0 Å². The normalized spacial score (nSPS) is 9.78. The first kappa shape index (κ1) is 20.6. The molecule has 8 nitrogen and oxygen atoms in total. The van der Waals surface area contributed by atoms with Crippen molar-refractivity contribution in [3.63, 3.8) is 0 Å². The standard InChI is InChI=1S/C15H22O8/c1-5-20-12(16)10(13(17)21-6-2)9-11(14(18)22-7-3)15(19)23-8-4/h9-10H,5-8H2,1-4H3. The van der Waals surface area contributed by atoms with Crippen LogP contribution in [0.1, 0.15) is 27.7 Å². The zero-order chi connectivity index (χ0) is 17.8. The van der Waals surface area contributed by atoms with E-state index in [2.05, 4.69) is 0 Å². The molecule has 130 valence electrons. The van der Waals surface area contributed by atoms with Crippen LogP contribution >= 0.6 is 0 Å². The summed E-state index contributed by atoms with van der Waals surface area (Å²) in [4.78, 5) is 47.5. The molecule has 0 aliphatic rings. The van der Waals surface area contributed by atoms with E-state index in [-0.39, 0.29) is 26.4 Å². The smallest absolute Gasteiger partial charge is 0.345 e. The molecule has 0 unspecified atom stereocenters. The number of carbonyl (C=O) groups is 4. The van der Waals surface area contributed by atoms with E-state index in [4.69, 9.17) is 18.9 Å². The van der Waals surface area contributed by atoms with Crippen molar-refractivity contribution in [1.82, 2.24) is 0 Å². The van der Waals surface area contributed by atoms with Crippen molar-refractivity contribution < 1.29 is 38.1 Å². The van der Waals surface area contributed by atoms with Gasteiger partial charge in [0.15, 0.2) is 5.92 Å². The fourth-order valence-electron chi connectivity index (χ4n) is 1.50. The minimum absolute atomic E-state index is 0.0130. The molecule has 0 aromatic rings. The van der Waals surface area contributed by atoms with Crippen LogP contribution in [0.5, 0.6) is 0 Å². The summed E-state index contributed by atoms with van der Waals surface area (Å²) in [6, 6.07) is 0. The molecule has 0 aromatic carbocycles. The van der Waals surface area contributed by atoms with Crippen LogP contribution in [0.4, 0.5) is 0 Å². The summed E-state index contributed by atoms with van der Waals surface area (Å²) in [7, 11) is 0. The highest BCUT2D eigenvalue weighted by Crippen LogP contribution is 2.12. The molecule has 0 fully saturated rings. The van der Waals surface area contributed by atoms with Gasteiger partial charge in [-0.15, -0.1) is 0 Å². The maximum atomic E-state index is 11.9. The summed E-state index contributed by atoms with van der Waals surface area (Å²) >= 11 is 0. The molecule has 0 amide bonds. The molecule has 0 aromatic heterocycles. The summed E-state index contributed by atoms with van der Waals surface area (Å²) in [6.07, 6.45) is 0.853. The minimum atomic E-state index is -1.56. The number of hydrogen-bond donors (Lipinski definition) is 0. The number of ether oxygens (including phenoxy) is 4. The van der Waals surface area contributed by atoms with E-state index in [0.717, 1.165) is 6.08 Å². The van der Waals surface area contributed by atoms with Crippen molar-refractivity contribution in [1.29, 1.82) is 0 Å². The zero-order valence-electron chi connectivity index (χ0n) is 13.7. The van der Waals surface area contributed by atoms with Crippen molar-refractivity contribution in [3.8, 4) is 0 Å². The maximum absolute atomic E-state index is 11.9. The van der Waals surface area contributed by atoms with Crippen LogP contribution in [0, 0.1) is 5.92 Å². The average Bonchev–Trinajstić information content (AvgIpc) is 2.48. The molecule has 8 heteroatoms. The Morgan fingerprint density at radius 3 is 1.35 bits per heavy atom. The molecule has 0 N–H and O–H groups in total. The summed E-state index contributed by atoms with van der Waals surface area (Å²) in [5.74, 6) is -5.41. The SMILES string of the molecule is CCOC(=O)C(=CC(C(=O)OCC)C(=O)OCC)C(=O)OCC. The van der Waals surface area contributed by atoms with Gasteiger partial charge in [0.1, 0.15) is 5.57 Å². The fraction of sp³-hybridized carbons (Fsp3) is 0.600. The third-order valence-corrected chi connectivity index (χ3v) is 2.41. The summed E-state index contributed by atoms with van der Waals surface area (Å²) < 4.78 is 19.0. The van der Waals surface area contributed by atoms with E-state index < -0.39 is 35.4 Å². The van der Waals surface area contributed by atoms with Gasteiger partial charge in [-0.1, -0.05) is 0 Å². The van der Waals surface area contributed by atoms with Crippen LogP contribution < -0.4 is 0 Å². The van der Waals surface area contributed by atoms with Gasteiger partial charge in [-0.25, -0.2) is 9.59 Å². The predicted octanol–water partition coefficient (Wildman–Crippen LogP) is 0.781. The Bertz CT molecular complexity index is 428. The molecule has 0 radical (unpaired) electrons. The van der Waals surface area contributed by atoms with Gasteiger partial charge in [0, 0.05) is 0 Å². The predicted molar refractivity (Wildman–Crippen MR) is 78.1 cm³/mol. The van der Waals surface area contributed by atoms with E-state index in [0.29, 0.717) is 0 Å². The summed E-state index contributed by atoms with van der Waals surface area (Å²) in [6.45, 7) is 6.29. The first-order valence-corrected chi connectivity index (χ1v) is 7.32. The maximum Gasteiger partial charge on any atom is 0.345 e. The third-order valence-electron chi connectivity index (χ3n) is 2.41. The molecular weight excluding hydrogens is 308 g/mol. The van der Waals surface area contributed by atoms with Gasteiger partial charge in [0.05, 0.1) is 26.4 Å². The quantitative estimate of drug-likeness (QED) is 0.201. The van der Waals surface area contributed by atoms with E-state index in [1.165, 1.54) is 0 Å². The Morgan fingerprint density at radius 1 is 0.696 bits per heavy atom. The highest BCUT2D eigenvalue weighted by Gasteiger charge is 2.32. The molecular formula is C15H22O8. The minimum Gasteiger partial charge on any atom is -0.465 e. The molecule has 0 bridgehead atoms. The molecule has 0 heterocycles. The van der Waals surface area contributed by atoms with Crippen molar-refractivity contribution in [2.24, 2.45) is 5.92 Å². The van der Waals surface area contributed by atoms with Gasteiger partial charge in [-0.05, 0) is 33.8 Å². The van der Waals surface area contributed by atoms with Gasteiger partial charge in [-0.3, -0.25) is 9.59 Å². The molecule has 0 aliphatic heterocycles.